The molecule has 15 heteroatoms. The summed E-state index contributed by atoms with van der Waals surface area (Å²) in [6.45, 7) is 12.3. The molecule has 194 valence electrons. The van der Waals surface area contributed by atoms with Crippen LogP contribution in [-0.2, 0) is 0 Å². The number of rotatable bonds is 4. The molecule has 0 atom stereocenters. The van der Waals surface area contributed by atoms with Gasteiger partial charge in [-0.2, -0.15) is 0 Å². The normalized spacial score (nSPS) is 13.5. The van der Waals surface area contributed by atoms with E-state index < -0.39 is 7.81 Å². The van der Waals surface area contributed by atoms with Gasteiger partial charge in [0.05, 0.1) is 28.2 Å². The predicted octanol–water partition coefficient (Wildman–Crippen LogP) is 4.95. The molecule has 0 amide bonds. The molecule has 0 unspecified atom stereocenters. The van der Waals surface area contributed by atoms with Crippen molar-refractivity contribution in [2.75, 3.05) is 34.7 Å². The minimum absolute atomic E-state index is 0.591. The van der Waals surface area contributed by atoms with Gasteiger partial charge in [-0.05, 0) is 56.4 Å². The molecule has 2 aromatic rings. The van der Waals surface area contributed by atoms with E-state index in [2.05, 4.69) is 54.8 Å². The van der Waals surface area contributed by atoms with Crippen LogP contribution in [0.2, 0.25) is 0 Å². The Morgan fingerprint density at radius 3 is 1.88 bits per heavy atom. The summed E-state index contributed by atoms with van der Waals surface area (Å²) in [5.41, 5.74) is 1.29. The van der Waals surface area contributed by atoms with Crippen molar-refractivity contribution in [2.45, 2.75) is 46.7 Å². The first-order valence-electron chi connectivity index (χ1n) is 10.0. The van der Waals surface area contributed by atoms with Crippen molar-refractivity contribution in [3.63, 3.8) is 0 Å². The van der Waals surface area contributed by atoms with Gasteiger partial charge in [0.25, 0.3) is 0 Å². The van der Waals surface area contributed by atoms with Crippen LogP contribution in [0, 0.1) is 0 Å². The van der Waals surface area contributed by atoms with Crippen molar-refractivity contribution in [1.29, 1.82) is 0 Å². The van der Waals surface area contributed by atoms with Gasteiger partial charge in [-0.25, -0.2) is 14.5 Å². The summed E-state index contributed by atoms with van der Waals surface area (Å²) in [6.07, 6.45) is 1.68. The summed E-state index contributed by atoms with van der Waals surface area (Å²) in [5, 5.41) is 7.87. The Bertz CT molecular complexity index is 891. The van der Waals surface area contributed by atoms with Gasteiger partial charge in [0.2, 0.25) is 5.65 Å². The molecule has 2 heterocycles. The Morgan fingerprint density at radius 2 is 1.55 bits per heavy atom. The standard InChI is InChI=1S/C10H15N6O.C8H19N.F6P/c1-14(2)10(15(3)4)17-16-9-8(12-13-16)6-5-7-11-9;1-6-9(7(2)3)8(4)5;1-7(2,3,4,5)6/h5-7H,1-4H3;7-8H,6H2,1-5H3;/q+1;;-1. The van der Waals surface area contributed by atoms with E-state index in [1.165, 1.54) is 4.85 Å². The average Bonchev–Trinajstić information content (AvgIpc) is 3.00. The van der Waals surface area contributed by atoms with Crippen molar-refractivity contribution in [2.24, 2.45) is 0 Å². The molecule has 33 heavy (non-hydrogen) atoms. The topological polar surface area (TPSA) is 62.3 Å². The molecule has 0 fully saturated rings. The van der Waals surface area contributed by atoms with Gasteiger partial charge in [-0.3, -0.25) is 9.74 Å². The SMILES string of the molecule is CCN(C(C)C)C(C)C.CN(C)C(On1nnc2cccnc21)=[N+](C)C.F[P-](F)(F)(F)(F)F. The molecular weight excluding hydrogens is 475 g/mol. The van der Waals surface area contributed by atoms with E-state index in [-0.39, 0.29) is 0 Å². The Hall–Kier alpha value is -2.21. The zero-order valence-electron chi connectivity index (χ0n) is 20.3. The van der Waals surface area contributed by atoms with E-state index >= 15 is 0 Å². The quantitative estimate of drug-likeness (QED) is 0.191. The molecule has 0 saturated heterocycles. The number of hydrogen-bond donors (Lipinski definition) is 0. The van der Waals surface area contributed by atoms with Gasteiger partial charge in [0.1, 0.15) is 5.52 Å². The van der Waals surface area contributed by atoms with E-state index in [1.807, 2.05) is 49.8 Å². The van der Waals surface area contributed by atoms with Crippen molar-refractivity contribution in [1.82, 2.24) is 29.9 Å². The fraction of sp³-hybridized carbons (Fsp3) is 0.667. The molecule has 0 aliphatic heterocycles. The number of halogens is 6. The molecule has 2 aromatic heterocycles. The van der Waals surface area contributed by atoms with Crippen LogP contribution >= 0.6 is 7.81 Å². The zero-order chi connectivity index (χ0) is 26.3. The molecule has 0 radical (unpaired) electrons. The van der Waals surface area contributed by atoms with E-state index in [0.29, 0.717) is 29.3 Å². The Balaban J connectivity index is 0.000000541. The maximum absolute atomic E-state index is 10.7. The molecule has 0 bridgehead atoms. The zero-order valence-corrected chi connectivity index (χ0v) is 21.2. The number of aromatic nitrogens is 4. The van der Waals surface area contributed by atoms with Crippen LogP contribution < -0.4 is 4.84 Å². The molecule has 0 N–H and O–H groups in total. The van der Waals surface area contributed by atoms with Crippen molar-refractivity contribution in [3.05, 3.63) is 18.3 Å². The molecule has 0 aromatic carbocycles. The molecule has 0 aliphatic rings. The summed E-state index contributed by atoms with van der Waals surface area (Å²) in [6, 6.07) is 5.66. The van der Waals surface area contributed by atoms with Crippen molar-refractivity contribution in [3.8, 4) is 0 Å². The molecule has 0 spiro atoms. The number of amidine groups is 1. The number of fused-ring (bicyclic) bond motifs is 1. The molecule has 0 saturated carbocycles. The third kappa shape index (κ3) is 14.5. The van der Waals surface area contributed by atoms with Gasteiger partial charge < -0.3 is 0 Å². The second-order valence-corrected chi connectivity index (χ2v) is 9.86. The number of nitrogens with zero attached hydrogens (tertiary/aromatic N) is 7. The van der Waals surface area contributed by atoms with Gasteiger partial charge in [0, 0.05) is 18.3 Å². The predicted molar refractivity (Wildman–Crippen MR) is 119 cm³/mol. The minimum atomic E-state index is -10.7. The van der Waals surface area contributed by atoms with Gasteiger partial charge in [0.15, 0.2) is 0 Å². The summed E-state index contributed by atoms with van der Waals surface area (Å²) in [5.74, 6) is 0. The van der Waals surface area contributed by atoms with E-state index in [0.717, 1.165) is 6.54 Å². The fourth-order valence-corrected chi connectivity index (χ4v) is 2.77. The third-order valence-corrected chi connectivity index (χ3v) is 3.81. The van der Waals surface area contributed by atoms with Gasteiger partial charge in [-0.15, -0.1) is 5.10 Å². The summed E-state index contributed by atoms with van der Waals surface area (Å²) >= 11 is 0. The number of pyridine rings is 1. The van der Waals surface area contributed by atoms with E-state index in [1.54, 1.807) is 6.20 Å². The Labute approximate surface area is 190 Å². The first-order chi connectivity index (χ1) is 14.6. The summed E-state index contributed by atoms with van der Waals surface area (Å²) < 4.78 is 61.0. The Kier molecular flexibility index (Phi) is 10.1. The molecule has 2 rings (SSSR count). The second kappa shape index (κ2) is 10.8. The van der Waals surface area contributed by atoms with Crippen LogP contribution in [0.3, 0.4) is 0 Å². The van der Waals surface area contributed by atoms with E-state index in [4.69, 9.17) is 4.84 Å². The first kappa shape index (κ1) is 30.8. The maximum atomic E-state index is 9.87. The van der Waals surface area contributed by atoms with Crippen LogP contribution in [0.1, 0.15) is 34.6 Å². The van der Waals surface area contributed by atoms with Crippen molar-refractivity contribution >= 4 is 25.0 Å². The monoisotopic (exact) mass is 509 g/mol. The van der Waals surface area contributed by atoms with Crippen LogP contribution in [0.5, 0.6) is 0 Å². The van der Waals surface area contributed by atoms with Crippen LogP contribution in [0.15, 0.2) is 18.3 Å². The number of hydrogen-bond acceptors (Lipinski definition) is 5. The molecule has 8 nitrogen and oxygen atoms in total. The Morgan fingerprint density at radius 1 is 1.06 bits per heavy atom. The second-order valence-electron chi connectivity index (χ2n) is 7.95. The third-order valence-electron chi connectivity index (χ3n) is 3.81. The first-order valence-corrected chi connectivity index (χ1v) is 12.0. The van der Waals surface area contributed by atoms with Crippen LogP contribution in [0.25, 0.3) is 11.2 Å². The molecule has 0 aliphatic carbocycles. The summed E-state index contributed by atoms with van der Waals surface area (Å²) in [7, 11) is -3.09. The van der Waals surface area contributed by atoms with Crippen LogP contribution in [-0.4, -0.2) is 87.4 Å². The van der Waals surface area contributed by atoms with Gasteiger partial charge >= 0.3 is 39.0 Å². The summed E-state index contributed by atoms with van der Waals surface area (Å²) in [4.78, 5) is 15.4. The van der Waals surface area contributed by atoms with Gasteiger partial charge in [-0.1, -0.05) is 6.92 Å². The van der Waals surface area contributed by atoms with E-state index in [9.17, 15) is 25.2 Å². The average molecular weight is 509 g/mol. The van der Waals surface area contributed by atoms with Crippen molar-refractivity contribution < 1.29 is 34.6 Å². The van der Waals surface area contributed by atoms with Crippen LogP contribution in [0.4, 0.5) is 25.2 Å². The fourth-order valence-electron chi connectivity index (χ4n) is 2.77. The molecular formula is C18H34F6N7OP.